The van der Waals surface area contributed by atoms with Gasteiger partial charge in [-0.1, -0.05) is 22.0 Å². The van der Waals surface area contributed by atoms with Gasteiger partial charge in [-0.15, -0.1) is 0 Å². The molecule has 0 fully saturated rings. The number of halogens is 1. The molecular formula is C12H12BrN3O2S. The summed E-state index contributed by atoms with van der Waals surface area (Å²) < 4.78 is 25.4. The fourth-order valence-electron chi connectivity index (χ4n) is 1.46. The van der Waals surface area contributed by atoms with Crippen molar-refractivity contribution in [1.82, 2.24) is 4.98 Å². The number of aromatic nitrogens is 1. The van der Waals surface area contributed by atoms with E-state index in [1.54, 1.807) is 12.1 Å². The quantitative estimate of drug-likeness (QED) is 0.896. The maximum atomic E-state index is 11.1. The lowest BCUT2D eigenvalue weighted by molar-refractivity contribution is 0.607. The van der Waals surface area contributed by atoms with E-state index < -0.39 is 10.0 Å². The van der Waals surface area contributed by atoms with Gasteiger partial charge in [0.1, 0.15) is 5.82 Å². The van der Waals surface area contributed by atoms with E-state index in [4.69, 9.17) is 0 Å². The second kappa shape index (κ2) is 5.58. The Balaban J connectivity index is 2.11. The van der Waals surface area contributed by atoms with Crippen LogP contribution in [-0.4, -0.2) is 19.7 Å². The second-order valence-electron chi connectivity index (χ2n) is 3.94. The van der Waals surface area contributed by atoms with Gasteiger partial charge in [-0.3, -0.25) is 4.72 Å². The van der Waals surface area contributed by atoms with E-state index in [9.17, 15) is 8.42 Å². The molecule has 1 aromatic heterocycles. The first-order chi connectivity index (χ1) is 8.92. The van der Waals surface area contributed by atoms with Gasteiger partial charge < -0.3 is 5.32 Å². The van der Waals surface area contributed by atoms with Gasteiger partial charge in [-0.05, 0) is 30.3 Å². The highest BCUT2D eigenvalue weighted by Gasteiger charge is 2.02. The molecule has 2 aromatic rings. The Morgan fingerprint density at radius 2 is 1.95 bits per heavy atom. The lowest BCUT2D eigenvalue weighted by Crippen LogP contribution is -2.09. The third kappa shape index (κ3) is 4.53. The molecule has 0 spiro atoms. The predicted octanol–water partition coefficient (Wildman–Crippen LogP) is 2.96. The molecule has 1 heterocycles. The molecule has 2 N–H and O–H groups in total. The van der Waals surface area contributed by atoms with Crippen LogP contribution in [0.4, 0.5) is 17.2 Å². The minimum atomic E-state index is -3.27. The summed E-state index contributed by atoms with van der Waals surface area (Å²) in [5, 5.41) is 3.12. The van der Waals surface area contributed by atoms with Gasteiger partial charge in [0, 0.05) is 10.2 Å². The zero-order chi connectivity index (χ0) is 13.9. The molecule has 0 bridgehead atoms. The molecule has 0 aliphatic carbocycles. The van der Waals surface area contributed by atoms with Crippen molar-refractivity contribution in [1.29, 1.82) is 0 Å². The highest BCUT2D eigenvalue weighted by molar-refractivity contribution is 9.10. The van der Waals surface area contributed by atoms with E-state index in [0.29, 0.717) is 11.5 Å². The van der Waals surface area contributed by atoms with Crippen LogP contribution in [-0.2, 0) is 10.0 Å². The molecule has 100 valence electrons. The molecule has 19 heavy (non-hydrogen) atoms. The summed E-state index contributed by atoms with van der Waals surface area (Å²) in [7, 11) is -3.27. The number of nitrogens with one attached hydrogen (secondary N) is 2. The van der Waals surface area contributed by atoms with Crippen LogP contribution in [0, 0.1) is 0 Å². The van der Waals surface area contributed by atoms with Crippen molar-refractivity contribution in [3.63, 3.8) is 0 Å². The van der Waals surface area contributed by atoms with Gasteiger partial charge in [0.2, 0.25) is 10.0 Å². The van der Waals surface area contributed by atoms with Gasteiger partial charge in [-0.25, -0.2) is 13.4 Å². The number of hydrogen-bond donors (Lipinski definition) is 2. The first-order valence-electron chi connectivity index (χ1n) is 5.39. The fraction of sp³-hybridized carbons (Fsp3) is 0.0833. The number of rotatable bonds is 4. The molecular weight excluding hydrogens is 330 g/mol. The highest BCUT2D eigenvalue weighted by atomic mass is 79.9. The number of benzene rings is 1. The summed E-state index contributed by atoms with van der Waals surface area (Å²) >= 11 is 3.38. The largest absolute Gasteiger partial charge is 0.340 e. The van der Waals surface area contributed by atoms with Crippen LogP contribution in [0.5, 0.6) is 0 Å². The highest BCUT2D eigenvalue weighted by Crippen LogP contribution is 2.20. The van der Waals surface area contributed by atoms with E-state index >= 15 is 0 Å². The van der Waals surface area contributed by atoms with Crippen LogP contribution in [0.3, 0.4) is 0 Å². The minimum absolute atomic E-state index is 0.433. The summed E-state index contributed by atoms with van der Waals surface area (Å²) in [6, 6.07) is 11.0. The Bertz CT molecular complexity index is 672. The summed E-state index contributed by atoms with van der Waals surface area (Å²) in [6.07, 6.45) is 2.56. The first kappa shape index (κ1) is 13.8. The second-order valence-corrected chi connectivity index (χ2v) is 6.61. The average Bonchev–Trinajstić information content (AvgIpc) is 2.30. The summed E-state index contributed by atoms with van der Waals surface area (Å²) in [5.41, 5.74) is 1.33. The van der Waals surface area contributed by atoms with Crippen molar-refractivity contribution in [3.05, 3.63) is 47.1 Å². The fourth-order valence-corrected chi connectivity index (χ4v) is 2.40. The number of hydrogen-bond acceptors (Lipinski definition) is 4. The van der Waals surface area contributed by atoms with Crippen molar-refractivity contribution in [2.24, 2.45) is 0 Å². The van der Waals surface area contributed by atoms with E-state index in [-0.39, 0.29) is 0 Å². The first-order valence-corrected chi connectivity index (χ1v) is 8.07. The van der Waals surface area contributed by atoms with Gasteiger partial charge in [-0.2, -0.15) is 0 Å². The van der Waals surface area contributed by atoms with E-state index in [2.05, 4.69) is 31.0 Å². The van der Waals surface area contributed by atoms with Gasteiger partial charge >= 0.3 is 0 Å². The Morgan fingerprint density at radius 1 is 1.16 bits per heavy atom. The van der Waals surface area contributed by atoms with Crippen molar-refractivity contribution in [2.75, 3.05) is 16.3 Å². The summed E-state index contributed by atoms with van der Waals surface area (Å²) in [6.45, 7) is 0. The van der Waals surface area contributed by atoms with Crippen LogP contribution < -0.4 is 10.0 Å². The summed E-state index contributed by atoms with van der Waals surface area (Å²) in [4.78, 5) is 4.13. The van der Waals surface area contributed by atoms with E-state index in [1.807, 2.05) is 24.3 Å². The summed E-state index contributed by atoms with van der Waals surface area (Å²) in [5.74, 6) is 0.636. The molecule has 0 radical (unpaired) electrons. The van der Waals surface area contributed by atoms with Crippen molar-refractivity contribution >= 4 is 43.1 Å². The number of anilines is 3. The van der Waals surface area contributed by atoms with Crippen LogP contribution in [0.1, 0.15) is 0 Å². The normalized spacial score (nSPS) is 11.1. The number of nitrogens with zero attached hydrogens (tertiary/aromatic N) is 1. The Hall–Kier alpha value is -1.60. The van der Waals surface area contributed by atoms with Crippen LogP contribution in [0.25, 0.3) is 0 Å². The van der Waals surface area contributed by atoms with Crippen LogP contribution >= 0.6 is 15.9 Å². The van der Waals surface area contributed by atoms with Gasteiger partial charge in [0.05, 0.1) is 18.1 Å². The molecule has 0 amide bonds. The Kier molecular flexibility index (Phi) is 4.06. The lowest BCUT2D eigenvalue weighted by Gasteiger charge is -2.07. The molecule has 1 aromatic carbocycles. The average molecular weight is 342 g/mol. The zero-order valence-corrected chi connectivity index (χ0v) is 12.5. The van der Waals surface area contributed by atoms with E-state index in [0.717, 1.165) is 16.4 Å². The molecule has 0 unspecified atom stereocenters. The van der Waals surface area contributed by atoms with Crippen molar-refractivity contribution in [2.45, 2.75) is 0 Å². The number of sulfonamides is 1. The topological polar surface area (TPSA) is 71.1 Å². The van der Waals surface area contributed by atoms with E-state index in [1.165, 1.54) is 6.20 Å². The third-order valence-corrected chi connectivity index (χ3v) is 3.26. The van der Waals surface area contributed by atoms with Crippen LogP contribution in [0.2, 0.25) is 0 Å². The van der Waals surface area contributed by atoms with Crippen molar-refractivity contribution < 1.29 is 8.42 Å². The predicted molar refractivity (Wildman–Crippen MR) is 80.1 cm³/mol. The maximum absolute atomic E-state index is 11.1. The maximum Gasteiger partial charge on any atom is 0.229 e. The monoisotopic (exact) mass is 341 g/mol. The standard InChI is InChI=1S/C12H12BrN3O2S/c1-19(17,18)16-11-5-6-12(14-8-11)15-10-4-2-3-9(13)7-10/h2-8,16H,1H3,(H,14,15). The van der Waals surface area contributed by atoms with Gasteiger partial charge in [0.25, 0.3) is 0 Å². The smallest absolute Gasteiger partial charge is 0.229 e. The zero-order valence-electron chi connectivity index (χ0n) is 10.1. The molecule has 7 heteroatoms. The lowest BCUT2D eigenvalue weighted by atomic mass is 10.3. The molecule has 0 saturated carbocycles. The molecule has 2 rings (SSSR count). The molecule has 0 aliphatic rings. The third-order valence-electron chi connectivity index (χ3n) is 2.16. The SMILES string of the molecule is CS(=O)(=O)Nc1ccc(Nc2cccc(Br)c2)nc1. The minimum Gasteiger partial charge on any atom is -0.340 e. The Labute approximate surface area is 120 Å². The van der Waals surface area contributed by atoms with Crippen LogP contribution in [0.15, 0.2) is 47.1 Å². The molecule has 0 saturated heterocycles. The number of pyridine rings is 1. The Morgan fingerprint density at radius 3 is 2.53 bits per heavy atom. The van der Waals surface area contributed by atoms with Gasteiger partial charge in [0.15, 0.2) is 0 Å². The molecule has 0 aliphatic heterocycles. The van der Waals surface area contributed by atoms with Crippen molar-refractivity contribution in [3.8, 4) is 0 Å². The molecule has 5 nitrogen and oxygen atoms in total. The molecule has 0 atom stereocenters.